The van der Waals surface area contributed by atoms with Crippen LogP contribution in [0.2, 0.25) is 0 Å². The van der Waals surface area contributed by atoms with Crippen LogP contribution >= 0.6 is 0 Å². The number of methoxy groups -OCH3 is 2. The second kappa shape index (κ2) is 6.96. The van der Waals surface area contributed by atoms with E-state index in [4.69, 9.17) is 19.9 Å². The minimum Gasteiger partial charge on any atom is -0.497 e. The number of hydrogen-bond donors (Lipinski definition) is 2. The lowest BCUT2D eigenvalue weighted by atomic mass is 9.82. The Kier molecular flexibility index (Phi) is 4.33. The molecule has 28 heavy (non-hydrogen) atoms. The van der Waals surface area contributed by atoms with Crippen LogP contribution in [0.4, 0.5) is 0 Å². The van der Waals surface area contributed by atoms with Gasteiger partial charge in [0.25, 0.3) is 0 Å². The maximum absolute atomic E-state index is 9.83. The molecular weight excluding hydrogens is 358 g/mol. The first kappa shape index (κ1) is 17.4. The molecule has 0 saturated heterocycles. The third-order valence-corrected chi connectivity index (χ3v) is 4.66. The van der Waals surface area contributed by atoms with Gasteiger partial charge in [0.15, 0.2) is 0 Å². The predicted molar refractivity (Wildman–Crippen MR) is 101 cm³/mol. The first-order valence-corrected chi connectivity index (χ1v) is 8.46. The van der Waals surface area contributed by atoms with E-state index in [9.17, 15) is 5.26 Å². The summed E-state index contributed by atoms with van der Waals surface area (Å²) in [6, 6.07) is 11.3. The maximum atomic E-state index is 9.83. The van der Waals surface area contributed by atoms with E-state index in [1.165, 1.54) is 0 Å². The molecule has 3 heterocycles. The number of nitrogens with zero attached hydrogens (tertiary/aromatic N) is 3. The summed E-state index contributed by atoms with van der Waals surface area (Å²) in [6.07, 6.45) is 3.37. The number of aromatic nitrogens is 3. The zero-order chi connectivity index (χ0) is 19.7. The molecule has 8 nitrogen and oxygen atoms in total. The van der Waals surface area contributed by atoms with Crippen molar-refractivity contribution in [1.29, 1.82) is 5.26 Å². The highest BCUT2D eigenvalue weighted by Gasteiger charge is 2.37. The van der Waals surface area contributed by atoms with Gasteiger partial charge >= 0.3 is 0 Å². The van der Waals surface area contributed by atoms with Crippen LogP contribution in [0.5, 0.6) is 17.4 Å². The van der Waals surface area contributed by atoms with E-state index < -0.39 is 5.92 Å². The molecule has 0 unspecified atom stereocenters. The minimum atomic E-state index is -0.541. The molecule has 3 N–H and O–H groups in total. The smallest absolute Gasteiger partial charge is 0.244 e. The van der Waals surface area contributed by atoms with Gasteiger partial charge in [-0.25, -0.2) is 0 Å². The number of nitrogens with one attached hydrogen (secondary N) is 1. The topological polar surface area (TPSA) is 119 Å². The third kappa shape index (κ3) is 2.70. The average Bonchev–Trinajstić information content (AvgIpc) is 3.16. The van der Waals surface area contributed by atoms with Crippen LogP contribution in [-0.4, -0.2) is 29.4 Å². The largest absolute Gasteiger partial charge is 0.497 e. The number of allylic oxidation sites excluding steroid dienone is 1. The average molecular weight is 375 g/mol. The fraction of sp³-hybridized carbons (Fsp3) is 0.150. The second-order valence-corrected chi connectivity index (χ2v) is 6.09. The number of rotatable bonds is 4. The van der Waals surface area contributed by atoms with E-state index in [-0.39, 0.29) is 11.5 Å². The lowest BCUT2D eigenvalue weighted by molar-refractivity contribution is 0.373. The molecule has 2 aromatic heterocycles. The molecule has 4 rings (SSSR count). The van der Waals surface area contributed by atoms with Crippen molar-refractivity contribution < 1.29 is 14.2 Å². The molecule has 3 aromatic rings. The molecule has 0 aliphatic carbocycles. The zero-order valence-corrected chi connectivity index (χ0v) is 15.3. The molecule has 1 atom stereocenters. The van der Waals surface area contributed by atoms with Crippen LogP contribution in [0, 0.1) is 11.3 Å². The van der Waals surface area contributed by atoms with Crippen molar-refractivity contribution in [2.75, 3.05) is 14.2 Å². The lowest BCUT2D eigenvalue weighted by Crippen LogP contribution is -2.21. The number of aromatic amines is 1. The Hall–Kier alpha value is -3.99. The van der Waals surface area contributed by atoms with Gasteiger partial charge in [-0.3, -0.25) is 10.1 Å². The van der Waals surface area contributed by atoms with E-state index in [1.54, 1.807) is 38.7 Å². The molecule has 140 valence electrons. The minimum absolute atomic E-state index is 0.0117. The first-order valence-electron chi connectivity index (χ1n) is 8.46. The quantitative estimate of drug-likeness (QED) is 0.719. The Morgan fingerprint density at radius 1 is 1.18 bits per heavy atom. The van der Waals surface area contributed by atoms with Gasteiger partial charge in [0.05, 0.1) is 31.4 Å². The van der Waals surface area contributed by atoms with E-state index in [2.05, 4.69) is 21.3 Å². The van der Waals surface area contributed by atoms with E-state index in [0.29, 0.717) is 28.6 Å². The lowest BCUT2D eigenvalue weighted by Gasteiger charge is -2.25. The molecule has 0 spiro atoms. The predicted octanol–water partition coefficient (Wildman–Crippen LogP) is 2.71. The number of ether oxygens (including phenoxy) is 3. The van der Waals surface area contributed by atoms with E-state index in [0.717, 1.165) is 11.1 Å². The fourth-order valence-corrected chi connectivity index (χ4v) is 3.36. The Balaban J connectivity index is 2.00. The summed E-state index contributed by atoms with van der Waals surface area (Å²) >= 11 is 0. The number of H-pyrrole nitrogens is 1. The number of pyridine rings is 1. The van der Waals surface area contributed by atoms with Gasteiger partial charge in [-0.05, 0) is 30.3 Å². The van der Waals surface area contributed by atoms with Crippen molar-refractivity contribution >= 4 is 0 Å². The molecule has 8 heteroatoms. The van der Waals surface area contributed by atoms with Gasteiger partial charge in [-0.15, -0.1) is 5.10 Å². The van der Waals surface area contributed by atoms with Crippen molar-refractivity contribution in [3.63, 3.8) is 0 Å². The van der Waals surface area contributed by atoms with E-state index >= 15 is 0 Å². The highest BCUT2D eigenvalue weighted by atomic mass is 16.5. The van der Waals surface area contributed by atoms with Crippen molar-refractivity contribution in [3.8, 4) is 34.7 Å². The van der Waals surface area contributed by atoms with Gasteiger partial charge in [0.2, 0.25) is 11.8 Å². The van der Waals surface area contributed by atoms with Crippen LogP contribution in [0.15, 0.2) is 54.2 Å². The molecule has 1 aliphatic heterocycles. The Morgan fingerprint density at radius 3 is 2.64 bits per heavy atom. The van der Waals surface area contributed by atoms with E-state index in [1.807, 2.05) is 18.2 Å². The molecule has 1 aliphatic rings. The molecule has 1 aromatic carbocycles. The third-order valence-electron chi connectivity index (χ3n) is 4.66. The van der Waals surface area contributed by atoms with Gasteiger partial charge in [-0.1, -0.05) is 0 Å². The summed E-state index contributed by atoms with van der Waals surface area (Å²) in [5.74, 6) is 1.02. The molecule has 0 amide bonds. The number of fused-ring (bicyclic) bond motifs is 1. The molecule has 0 saturated carbocycles. The zero-order valence-electron chi connectivity index (χ0n) is 15.3. The van der Waals surface area contributed by atoms with Crippen LogP contribution in [0.25, 0.3) is 11.3 Å². The van der Waals surface area contributed by atoms with Crippen LogP contribution in [0.3, 0.4) is 0 Å². The van der Waals surface area contributed by atoms with Crippen molar-refractivity contribution in [2.45, 2.75) is 5.92 Å². The Labute approximate surface area is 161 Å². The summed E-state index contributed by atoms with van der Waals surface area (Å²) in [5.41, 5.74) is 9.31. The maximum Gasteiger partial charge on any atom is 0.244 e. The van der Waals surface area contributed by atoms with Gasteiger partial charge < -0.3 is 19.9 Å². The van der Waals surface area contributed by atoms with Gasteiger partial charge in [0, 0.05) is 23.5 Å². The van der Waals surface area contributed by atoms with Crippen LogP contribution in [-0.2, 0) is 0 Å². The highest BCUT2D eigenvalue weighted by Crippen LogP contribution is 2.48. The summed E-state index contributed by atoms with van der Waals surface area (Å²) in [4.78, 5) is 4.05. The van der Waals surface area contributed by atoms with Crippen LogP contribution in [0.1, 0.15) is 17.0 Å². The number of hydrogen-bond acceptors (Lipinski definition) is 7. The number of nitriles is 1. The van der Waals surface area contributed by atoms with Crippen molar-refractivity contribution in [3.05, 3.63) is 65.3 Å². The number of benzene rings is 1. The SMILES string of the molecule is COc1ccc(OC)c([C@@H]2C(C#N)=C(N)Oc3n[nH]c(-c4ccncc4)c32)c1. The van der Waals surface area contributed by atoms with Gasteiger partial charge in [-0.2, -0.15) is 5.26 Å². The summed E-state index contributed by atoms with van der Waals surface area (Å²) in [6.45, 7) is 0. The van der Waals surface area contributed by atoms with Crippen molar-refractivity contribution in [1.82, 2.24) is 15.2 Å². The Bertz CT molecular complexity index is 1100. The second-order valence-electron chi connectivity index (χ2n) is 6.09. The first-order chi connectivity index (χ1) is 13.7. The summed E-state index contributed by atoms with van der Waals surface area (Å²) < 4.78 is 16.6. The standard InChI is InChI=1S/C20H17N5O3/c1-26-12-3-4-15(27-2)13(9-12)16-14(10-21)19(22)28-20-17(16)18(24-25-20)11-5-7-23-8-6-11/h3-9,16H,22H2,1-2H3,(H,24,25)/t16-/m1/s1. The number of nitrogens with two attached hydrogens (primary N) is 1. The monoisotopic (exact) mass is 375 g/mol. The highest BCUT2D eigenvalue weighted by molar-refractivity contribution is 5.71. The molecule has 0 fully saturated rings. The summed E-state index contributed by atoms with van der Waals surface area (Å²) in [5, 5.41) is 17.1. The van der Waals surface area contributed by atoms with Crippen molar-refractivity contribution in [2.24, 2.45) is 5.73 Å². The summed E-state index contributed by atoms with van der Waals surface area (Å²) in [7, 11) is 3.15. The Morgan fingerprint density at radius 2 is 1.96 bits per heavy atom. The fourth-order valence-electron chi connectivity index (χ4n) is 3.36. The molecular formula is C20H17N5O3. The van der Waals surface area contributed by atoms with Crippen LogP contribution < -0.4 is 19.9 Å². The normalized spacial score (nSPS) is 15.4. The molecule has 0 radical (unpaired) electrons. The van der Waals surface area contributed by atoms with Gasteiger partial charge in [0.1, 0.15) is 23.1 Å². The molecule has 0 bridgehead atoms.